The van der Waals surface area contributed by atoms with E-state index in [1.54, 1.807) is 11.8 Å². The Morgan fingerprint density at radius 1 is 1.00 bits per heavy atom. The van der Waals surface area contributed by atoms with E-state index in [2.05, 4.69) is 11.4 Å². The number of nitrogens with one attached hydrogen (secondary N) is 1. The Morgan fingerprint density at radius 2 is 1.75 bits per heavy atom. The van der Waals surface area contributed by atoms with E-state index >= 15 is 0 Å². The van der Waals surface area contributed by atoms with Gasteiger partial charge < -0.3 is 19.7 Å². The summed E-state index contributed by atoms with van der Waals surface area (Å²) in [4.78, 5) is 27.7. The molecular weight excluding hydrogens is 404 g/mol. The highest BCUT2D eigenvalue weighted by Crippen LogP contribution is 2.31. The zero-order valence-electron chi connectivity index (χ0n) is 19.5. The monoisotopic (exact) mass is 438 g/mol. The van der Waals surface area contributed by atoms with Gasteiger partial charge in [-0.1, -0.05) is 49.7 Å². The average molecular weight is 439 g/mol. The van der Waals surface area contributed by atoms with Crippen LogP contribution in [0.2, 0.25) is 0 Å². The number of nitrogens with zero attached hydrogens (tertiary/aromatic N) is 1. The van der Waals surface area contributed by atoms with E-state index in [1.165, 1.54) is 0 Å². The first-order valence-corrected chi connectivity index (χ1v) is 11.3. The number of benzene rings is 2. The lowest BCUT2D eigenvalue weighted by Crippen LogP contribution is -2.48. The summed E-state index contributed by atoms with van der Waals surface area (Å²) in [5, 5.41) is 2.96. The third-order valence-electron chi connectivity index (χ3n) is 5.52. The Labute approximate surface area is 190 Å². The highest BCUT2D eigenvalue weighted by atomic mass is 16.6. The molecule has 1 heterocycles. The summed E-state index contributed by atoms with van der Waals surface area (Å²) >= 11 is 0. The van der Waals surface area contributed by atoms with Crippen LogP contribution in [0.25, 0.3) is 0 Å². The van der Waals surface area contributed by atoms with Crippen molar-refractivity contribution < 1.29 is 19.1 Å². The van der Waals surface area contributed by atoms with Crippen molar-refractivity contribution in [3.63, 3.8) is 0 Å². The van der Waals surface area contributed by atoms with Crippen molar-refractivity contribution in [3.05, 3.63) is 59.2 Å². The van der Waals surface area contributed by atoms with Crippen LogP contribution in [0.15, 0.2) is 42.5 Å². The summed E-state index contributed by atoms with van der Waals surface area (Å²) in [5.41, 5.74) is 3.15. The van der Waals surface area contributed by atoms with Crippen LogP contribution in [0.1, 0.15) is 43.9 Å². The standard InChI is InChI=1S/C26H34N2O4/c1-18(2)16-27-26(30)20(4)28(17-22-7-5-6-19(3)14-22)25(29)11-9-21-8-10-23-24(15-21)32-13-12-31-23/h5-8,10,14-15,18,20H,9,11-13,16-17H2,1-4H3,(H,27,30)/t20-/m1/s1. The number of carbonyl (C=O) groups is 2. The van der Waals surface area contributed by atoms with Crippen LogP contribution in [0.3, 0.4) is 0 Å². The van der Waals surface area contributed by atoms with E-state index in [-0.39, 0.29) is 11.8 Å². The van der Waals surface area contributed by atoms with Crippen LogP contribution < -0.4 is 14.8 Å². The van der Waals surface area contributed by atoms with Crippen molar-refractivity contribution in [2.75, 3.05) is 19.8 Å². The van der Waals surface area contributed by atoms with E-state index in [9.17, 15) is 9.59 Å². The molecule has 0 radical (unpaired) electrons. The topological polar surface area (TPSA) is 67.9 Å². The molecule has 6 nitrogen and oxygen atoms in total. The van der Waals surface area contributed by atoms with Gasteiger partial charge in [-0.15, -0.1) is 0 Å². The molecule has 0 spiro atoms. The Hall–Kier alpha value is -3.02. The number of ether oxygens (including phenoxy) is 2. The van der Waals surface area contributed by atoms with Crippen molar-refractivity contribution in [2.45, 2.75) is 53.1 Å². The van der Waals surface area contributed by atoms with Gasteiger partial charge in [0.15, 0.2) is 11.5 Å². The van der Waals surface area contributed by atoms with Gasteiger partial charge in [0.2, 0.25) is 11.8 Å². The van der Waals surface area contributed by atoms with Gasteiger partial charge in [0.05, 0.1) is 0 Å². The lowest BCUT2D eigenvalue weighted by Gasteiger charge is -2.29. The summed E-state index contributed by atoms with van der Waals surface area (Å²) in [6, 6.07) is 13.3. The molecule has 2 amide bonds. The molecule has 1 aliphatic heterocycles. The molecule has 2 aromatic carbocycles. The van der Waals surface area contributed by atoms with Crippen LogP contribution in [-0.2, 0) is 22.6 Å². The Bertz CT molecular complexity index is 941. The van der Waals surface area contributed by atoms with Crippen molar-refractivity contribution in [1.29, 1.82) is 0 Å². The number of amides is 2. The molecule has 0 fully saturated rings. The van der Waals surface area contributed by atoms with Gasteiger partial charge in [0.25, 0.3) is 0 Å². The minimum absolute atomic E-state index is 0.0476. The third-order valence-corrected chi connectivity index (χ3v) is 5.52. The zero-order valence-corrected chi connectivity index (χ0v) is 19.5. The van der Waals surface area contributed by atoms with Gasteiger partial charge in [-0.3, -0.25) is 9.59 Å². The van der Waals surface area contributed by atoms with E-state index in [0.717, 1.165) is 28.2 Å². The molecule has 1 atom stereocenters. The Kier molecular flexibility index (Phi) is 8.14. The Balaban J connectivity index is 1.70. The maximum Gasteiger partial charge on any atom is 0.242 e. The minimum Gasteiger partial charge on any atom is -0.486 e. The molecule has 0 aliphatic carbocycles. The summed E-state index contributed by atoms with van der Waals surface area (Å²) < 4.78 is 11.2. The molecule has 3 rings (SSSR count). The van der Waals surface area contributed by atoms with Crippen molar-refractivity contribution >= 4 is 11.8 Å². The Morgan fingerprint density at radius 3 is 2.47 bits per heavy atom. The first kappa shape index (κ1) is 23.6. The molecule has 0 bridgehead atoms. The molecule has 0 unspecified atom stereocenters. The number of rotatable bonds is 9. The third kappa shape index (κ3) is 6.49. The van der Waals surface area contributed by atoms with Crippen LogP contribution in [0.5, 0.6) is 11.5 Å². The van der Waals surface area contributed by atoms with Gasteiger partial charge in [-0.25, -0.2) is 0 Å². The number of aryl methyl sites for hydroxylation is 2. The van der Waals surface area contributed by atoms with Gasteiger partial charge >= 0.3 is 0 Å². The first-order chi connectivity index (χ1) is 15.3. The molecule has 6 heteroatoms. The lowest BCUT2D eigenvalue weighted by molar-refractivity contribution is -0.140. The van der Waals surface area contributed by atoms with E-state index in [4.69, 9.17) is 9.47 Å². The molecule has 0 saturated carbocycles. The molecule has 0 saturated heterocycles. The van der Waals surface area contributed by atoms with Gasteiger partial charge in [-0.2, -0.15) is 0 Å². The summed E-state index contributed by atoms with van der Waals surface area (Å²) in [5.74, 6) is 1.64. The van der Waals surface area contributed by atoms with E-state index in [0.29, 0.717) is 45.1 Å². The lowest BCUT2D eigenvalue weighted by atomic mass is 10.1. The molecule has 1 N–H and O–H groups in total. The largest absolute Gasteiger partial charge is 0.486 e. The predicted molar refractivity (Wildman–Crippen MR) is 125 cm³/mol. The molecular formula is C26H34N2O4. The molecule has 0 aromatic heterocycles. The number of hydrogen-bond donors (Lipinski definition) is 1. The minimum atomic E-state index is -0.554. The van der Waals surface area contributed by atoms with E-state index < -0.39 is 6.04 Å². The number of carbonyl (C=O) groups excluding carboxylic acids is 2. The zero-order chi connectivity index (χ0) is 23.1. The van der Waals surface area contributed by atoms with Crippen LogP contribution in [0, 0.1) is 12.8 Å². The van der Waals surface area contributed by atoms with Gasteiger partial charge in [0, 0.05) is 19.5 Å². The van der Waals surface area contributed by atoms with Crippen LogP contribution in [0.4, 0.5) is 0 Å². The molecule has 32 heavy (non-hydrogen) atoms. The highest BCUT2D eigenvalue weighted by Gasteiger charge is 2.26. The average Bonchev–Trinajstić information content (AvgIpc) is 2.78. The normalized spacial score (nSPS) is 13.5. The van der Waals surface area contributed by atoms with Crippen molar-refractivity contribution in [1.82, 2.24) is 10.2 Å². The predicted octanol–water partition coefficient (Wildman–Crippen LogP) is 3.89. The molecule has 172 valence electrons. The second kappa shape index (κ2) is 11.0. The second-order valence-electron chi connectivity index (χ2n) is 8.80. The highest BCUT2D eigenvalue weighted by molar-refractivity contribution is 5.87. The van der Waals surface area contributed by atoms with Gasteiger partial charge in [-0.05, 0) is 49.4 Å². The fourth-order valence-electron chi connectivity index (χ4n) is 3.68. The maximum atomic E-state index is 13.3. The van der Waals surface area contributed by atoms with Crippen LogP contribution >= 0.6 is 0 Å². The number of hydrogen-bond acceptors (Lipinski definition) is 4. The molecule has 2 aromatic rings. The van der Waals surface area contributed by atoms with Crippen LogP contribution in [-0.4, -0.2) is 42.5 Å². The van der Waals surface area contributed by atoms with E-state index in [1.807, 2.05) is 57.2 Å². The maximum absolute atomic E-state index is 13.3. The summed E-state index contributed by atoms with van der Waals surface area (Å²) in [6.45, 7) is 9.99. The quantitative estimate of drug-likeness (QED) is 0.645. The smallest absolute Gasteiger partial charge is 0.242 e. The molecule has 1 aliphatic rings. The van der Waals surface area contributed by atoms with Crippen molar-refractivity contribution in [2.24, 2.45) is 5.92 Å². The summed E-state index contributed by atoms with van der Waals surface area (Å²) in [6.07, 6.45) is 0.882. The van der Waals surface area contributed by atoms with Gasteiger partial charge in [0.1, 0.15) is 19.3 Å². The second-order valence-corrected chi connectivity index (χ2v) is 8.80. The first-order valence-electron chi connectivity index (χ1n) is 11.3. The summed E-state index contributed by atoms with van der Waals surface area (Å²) in [7, 11) is 0. The fraction of sp³-hybridized carbons (Fsp3) is 0.462. The SMILES string of the molecule is Cc1cccc(CN(C(=O)CCc2ccc3c(c2)OCCO3)[C@H](C)C(=O)NCC(C)C)c1. The number of fused-ring (bicyclic) bond motifs is 1. The van der Waals surface area contributed by atoms with Crippen molar-refractivity contribution in [3.8, 4) is 11.5 Å². The fourth-order valence-corrected chi connectivity index (χ4v) is 3.68.